The van der Waals surface area contributed by atoms with Gasteiger partial charge < -0.3 is 30.4 Å². The van der Waals surface area contributed by atoms with Crippen LogP contribution in [0.3, 0.4) is 0 Å². The minimum Gasteiger partial charge on any atom is -0.394 e. The number of hydroxylamine groups is 1. The first-order valence-corrected chi connectivity index (χ1v) is 12.1. The molecule has 0 unspecified atom stereocenters. The second-order valence-electron chi connectivity index (χ2n) is 8.96. The van der Waals surface area contributed by atoms with E-state index >= 15 is 0 Å². The maximum atomic E-state index is 12.1. The van der Waals surface area contributed by atoms with Gasteiger partial charge in [0, 0.05) is 35.6 Å². The Hall–Kier alpha value is -3.05. The van der Waals surface area contributed by atoms with Crippen LogP contribution in [0.15, 0.2) is 54.6 Å². The SMILES string of the molecule is Cc1[nH]c2ccccc2c1CCNCc1ccc(/C=C/C(=O)NO[C@@H]2O[C@H](CO)C[C@H](O)[C@H]2O)cc1. The predicted molar refractivity (Wildman–Crippen MR) is 136 cm³/mol. The van der Waals surface area contributed by atoms with Crippen molar-refractivity contribution in [3.63, 3.8) is 0 Å². The molecule has 1 aliphatic heterocycles. The fraction of sp³-hybridized carbons (Fsp3) is 0.370. The Kier molecular flexibility index (Phi) is 8.87. The molecule has 9 nitrogen and oxygen atoms in total. The normalized spacial score (nSPS) is 22.3. The summed E-state index contributed by atoms with van der Waals surface area (Å²) in [4.78, 5) is 20.6. The number of aryl methyl sites for hydroxylation is 1. The molecule has 6 N–H and O–H groups in total. The molecule has 1 amide bonds. The lowest BCUT2D eigenvalue weighted by Gasteiger charge is -2.35. The van der Waals surface area contributed by atoms with Gasteiger partial charge in [-0.15, -0.1) is 0 Å². The van der Waals surface area contributed by atoms with Crippen LogP contribution in [0.25, 0.3) is 17.0 Å². The Morgan fingerprint density at radius 3 is 2.75 bits per heavy atom. The zero-order valence-electron chi connectivity index (χ0n) is 20.2. The topological polar surface area (TPSA) is 136 Å². The quantitative estimate of drug-likeness (QED) is 0.143. The number of hydrogen-bond acceptors (Lipinski definition) is 7. The molecule has 1 aliphatic rings. The second kappa shape index (κ2) is 12.3. The summed E-state index contributed by atoms with van der Waals surface area (Å²) < 4.78 is 5.30. The number of amides is 1. The molecule has 0 radical (unpaired) electrons. The number of carbonyl (C=O) groups excluding carboxylic acids is 1. The van der Waals surface area contributed by atoms with Gasteiger partial charge in [-0.05, 0) is 48.7 Å². The summed E-state index contributed by atoms with van der Waals surface area (Å²) in [5.74, 6) is -0.551. The molecule has 192 valence electrons. The molecule has 4 rings (SSSR count). The number of carbonyl (C=O) groups is 1. The van der Waals surface area contributed by atoms with Crippen molar-refractivity contribution >= 4 is 22.9 Å². The van der Waals surface area contributed by atoms with Crippen molar-refractivity contribution in [2.24, 2.45) is 0 Å². The first-order valence-electron chi connectivity index (χ1n) is 12.1. The van der Waals surface area contributed by atoms with E-state index in [4.69, 9.17) is 9.57 Å². The summed E-state index contributed by atoms with van der Waals surface area (Å²) >= 11 is 0. The van der Waals surface area contributed by atoms with Crippen LogP contribution < -0.4 is 10.8 Å². The lowest BCUT2D eigenvalue weighted by Crippen LogP contribution is -2.52. The van der Waals surface area contributed by atoms with E-state index < -0.39 is 30.5 Å². The molecule has 9 heteroatoms. The monoisotopic (exact) mass is 495 g/mol. The van der Waals surface area contributed by atoms with Gasteiger partial charge in [0.2, 0.25) is 6.29 Å². The van der Waals surface area contributed by atoms with Crippen LogP contribution in [0.5, 0.6) is 0 Å². The molecule has 2 aromatic carbocycles. The Labute approximate surface area is 209 Å². The highest BCUT2D eigenvalue weighted by molar-refractivity contribution is 5.91. The maximum absolute atomic E-state index is 12.1. The van der Waals surface area contributed by atoms with Crippen molar-refractivity contribution in [2.75, 3.05) is 13.2 Å². The summed E-state index contributed by atoms with van der Waals surface area (Å²) in [6.07, 6.45) is -0.424. The van der Waals surface area contributed by atoms with Gasteiger partial charge in [0.1, 0.15) is 6.10 Å². The van der Waals surface area contributed by atoms with Crippen molar-refractivity contribution in [3.05, 3.63) is 77.0 Å². The summed E-state index contributed by atoms with van der Waals surface area (Å²) in [5.41, 5.74) is 7.87. The van der Waals surface area contributed by atoms with Crippen LogP contribution in [0.2, 0.25) is 0 Å². The van der Waals surface area contributed by atoms with Gasteiger partial charge in [-0.1, -0.05) is 42.5 Å². The van der Waals surface area contributed by atoms with E-state index in [9.17, 15) is 20.1 Å². The van der Waals surface area contributed by atoms with E-state index in [2.05, 4.69) is 40.9 Å². The Bertz CT molecular complexity index is 1180. The van der Waals surface area contributed by atoms with Gasteiger partial charge in [0.25, 0.3) is 5.91 Å². The minimum absolute atomic E-state index is 0.0840. The Morgan fingerprint density at radius 2 is 1.97 bits per heavy atom. The van der Waals surface area contributed by atoms with Gasteiger partial charge in [-0.2, -0.15) is 0 Å². The molecule has 1 aromatic heterocycles. The number of rotatable bonds is 10. The molecule has 0 bridgehead atoms. The summed E-state index contributed by atoms with van der Waals surface area (Å²) in [7, 11) is 0. The van der Waals surface area contributed by atoms with E-state index in [1.807, 2.05) is 30.3 Å². The molecule has 2 heterocycles. The van der Waals surface area contributed by atoms with Crippen molar-refractivity contribution < 1.29 is 29.7 Å². The molecule has 0 spiro atoms. The smallest absolute Gasteiger partial charge is 0.267 e. The molecule has 0 aliphatic carbocycles. The number of aliphatic hydroxyl groups excluding tert-OH is 3. The molecule has 36 heavy (non-hydrogen) atoms. The number of aromatic nitrogens is 1. The molecule has 1 saturated heterocycles. The van der Waals surface area contributed by atoms with Crippen molar-refractivity contribution in [1.29, 1.82) is 0 Å². The standard InChI is InChI=1S/C27H33N3O6/c1-17-21(22-4-2-3-5-23(22)29-17)12-13-28-15-19-8-6-18(7-9-19)10-11-25(33)30-36-27-26(34)24(32)14-20(16-31)35-27/h2-11,20,24,26-29,31-32,34H,12-16H2,1H3,(H,30,33)/b11-10+/t20-,24-,26+,27-/m0/s1. The first kappa shape index (κ1) is 26.0. The summed E-state index contributed by atoms with van der Waals surface area (Å²) in [6.45, 7) is 3.38. The van der Waals surface area contributed by atoms with E-state index in [1.54, 1.807) is 6.08 Å². The lowest BCUT2D eigenvalue weighted by molar-refractivity contribution is -0.286. The molecule has 3 aromatic rings. The highest BCUT2D eigenvalue weighted by Crippen LogP contribution is 2.22. The molecule has 0 saturated carbocycles. The van der Waals surface area contributed by atoms with Gasteiger partial charge in [-0.25, -0.2) is 10.3 Å². The van der Waals surface area contributed by atoms with Crippen LogP contribution in [-0.4, -0.2) is 64.0 Å². The highest BCUT2D eigenvalue weighted by Gasteiger charge is 2.37. The molecular formula is C27H33N3O6. The summed E-state index contributed by atoms with van der Waals surface area (Å²) in [5, 5.41) is 33.7. The number of aliphatic hydroxyl groups is 3. The zero-order chi connectivity index (χ0) is 25.5. The molecule has 1 fully saturated rings. The minimum atomic E-state index is -1.33. The van der Waals surface area contributed by atoms with E-state index in [1.165, 1.54) is 28.2 Å². The number of ether oxygens (including phenoxy) is 1. The van der Waals surface area contributed by atoms with Gasteiger partial charge in [-0.3, -0.25) is 4.79 Å². The lowest BCUT2D eigenvalue weighted by atomic mass is 10.0. The van der Waals surface area contributed by atoms with Crippen molar-refractivity contribution in [2.45, 2.75) is 50.9 Å². The zero-order valence-corrected chi connectivity index (χ0v) is 20.2. The number of para-hydroxylation sites is 1. The van der Waals surface area contributed by atoms with Crippen LogP contribution in [-0.2, 0) is 27.3 Å². The van der Waals surface area contributed by atoms with Crippen LogP contribution in [0.4, 0.5) is 0 Å². The second-order valence-corrected chi connectivity index (χ2v) is 8.96. The van der Waals surface area contributed by atoms with Crippen LogP contribution in [0.1, 0.15) is 28.8 Å². The largest absolute Gasteiger partial charge is 0.394 e. The van der Waals surface area contributed by atoms with E-state index in [0.717, 1.165) is 30.6 Å². The van der Waals surface area contributed by atoms with Crippen molar-refractivity contribution in [3.8, 4) is 0 Å². The van der Waals surface area contributed by atoms with E-state index in [0.29, 0.717) is 0 Å². The number of fused-ring (bicyclic) bond motifs is 1. The Morgan fingerprint density at radius 1 is 1.19 bits per heavy atom. The average Bonchev–Trinajstić information content (AvgIpc) is 3.21. The fourth-order valence-electron chi connectivity index (χ4n) is 4.30. The van der Waals surface area contributed by atoms with Gasteiger partial charge in [0.05, 0.1) is 18.8 Å². The van der Waals surface area contributed by atoms with Gasteiger partial charge in [0.15, 0.2) is 0 Å². The Balaban J connectivity index is 1.20. The van der Waals surface area contributed by atoms with Crippen molar-refractivity contribution in [1.82, 2.24) is 15.8 Å². The number of hydrogen-bond donors (Lipinski definition) is 6. The van der Waals surface area contributed by atoms with E-state index in [-0.39, 0.29) is 13.0 Å². The number of H-pyrrole nitrogens is 1. The molecular weight excluding hydrogens is 462 g/mol. The van der Waals surface area contributed by atoms with Crippen LogP contribution >= 0.6 is 0 Å². The number of benzene rings is 2. The third kappa shape index (κ3) is 6.58. The van der Waals surface area contributed by atoms with Crippen LogP contribution in [0, 0.1) is 6.92 Å². The third-order valence-electron chi connectivity index (χ3n) is 6.30. The summed E-state index contributed by atoms with van der Waals surface area (Å²) in [6, 6.07) is 16.2. The fourth-order valence-corrected chi connectivity index (χ4v) is 4.30. The predicted octanol–water partition coefficient (Wildman–Crippen LogP) is 1.70. The highest BCUT2D eigenvalue weighted by atomic mass is 16.8. The maximum Gasteiger partial charge on any atom is 0.267 e. The third-order valence-corrected chi connectivity index (χ3v) is 6.30. The average molecular weight is 496 g/mol. The number of nitrogens with one attached hydrogen (secondary N) is 3. The first-order chi connectivity index (χ1) is 17.4. The number of aromatic amines is 1. The molecule has 4 atom stereocenters. The van der Waals surface area contributed by atoms with Gasteiger partial charge >= 0.3 is 0 Å².